The van der Waals surface area contributed by atoms with Crippen LogP contribution in [0.15, 0.2) is 42.6 Å². The molecule has 0 aliphatic heterocycles. The molecule has 17 heavy (non-hydrogen) atoms. The maximum absolute atomic E-state index is 9.82. The Hall–Kier alpha value is -1.67. The number of aryl methyl sites for hydroxylation is 1. The summed E-state index contributed by atoms with van der Waals surface area (Å²) < 4.78 is 0. The number of aromatic nitrogens is 1. The first-order valence-electron chi connectivity index (χ1n) is 5.73. The van der Waals surface area contributed by atoms with Crippen LogP contribution < -0.4 is 0 Å². The Bertz CT molecular complexity index is 492. The molecule has 0 aliphatic rings. The zero-order chi connectivity index (χ0) is 12.5. The standard InChI is InChI=1S/C15H17NO/c1-11-4-6-12(7-5-11)13-8-9-14(16-10-13)15(2,3)17/h4-10,17H,1-3H3. The van der Waals surface area contributed by atoms with Crippen LogP contribution in [0.25, 0.3) is 11.1 Å². The number of benzene rings is 1. The van der Waals surface area contributed by atoms with Crippen molar-refractivity contribution in [2.75, 3.05) is 0 Å². The monoisotopic (exact) mass is 227 g/mol. The van der Waals surface area contributed by atoms with E-state index in [1.807, 2.05) is 12.1 Å². The Labute approximate surface area is 102 Å². The van der Waals surface area contributed by atoms with E-state index >= 15 is 0 Å². The van der Waals surface area contributed by atoms with Gasteiger partial charge < -0.3 is 5.11 Å². The van der Waals surface area contributed by atoms with Crippen LogP contribution in [-0.4, -0.2) is 10.1 Å². The summed E-state index contributed by atoms with van der Waals surface area (Å²) in [4.78, 5) is 4.30. The number of rotatable bonds is 2. The number of nitrogens with zero attached hydrogens (tertiary/aromatic N) is 1. The first-order chi connectivity index (χ1) is 7.97. The summed E-state index contributed by atoms with van der Waals surface area (Å²) in [5.74, 6) is 0. The Morgan fingerprint density at radius 1 is 0.941 bits per heavy atom. The van der Waals surface area contributed by atoms with E-state index in [9.17, 15) is 5.11 Å². The first-order valence-corrected chi connectivity index (χ1v) is 5.73. The number of aliphatic hydroxyl groups is 1. The van der Waals surface area contributed by atoms with E-state index in [0.29, 0.717) is 5.69 Å². The third-order valence-electron chi connectivity index (χ3n) is 2.78. The lowest BCUT2D eigenvalue weighted by Gasteiger charge is -2.16. The van der Waals surface area contributed by atoms with Crippen LogP contribution in [0.1, 0.15) is 25.1 Å². The molecule has 1 aromatic carbocycles. The molecule has 2 aromatic rings. The highest BCUT2D eigenvalue weighted by Gasteiger charge is 2.16. The van der Waals surface area contributed by atoms with E-state index in [0.717, 1.165) is 11.1 Å². The molecule has 2 rings (SSSR count). The topological polar surface area (TPSA) is 33.1 Å². The van der Waals surface area contributed by atoms with Crippen molar-refractivity contribution in [1.82, 2.24) is 4.98 Å². The van der Waals surface area contributed by atoms with E-state index in [1.54, 1.807) is 20.0 Å². The van der Waals surface area contributed by atoms with Gasteiger partial charge in [-0.1, -0.05) is 35.9 Å². The smallest absolute Gasteiger partial charge is 0.101 e. The second-order valence-electron chi connectivity index (χ2n) is 4.86. The molecule has 0 saturated carbocycles. The van der Waals surface area contributed by atoms with Crippen molar-refractivity contribution >= 4 is 0 Å². The number of hydrogen-bond donors (Lipinski definition) is 1. The van der Waals surface area contributed by atoms with Gasteiger partial charge in [0.2, 0.25) is 0 Å². The summed E-state index contributed by atoms with van der Waals surface area (Å²) in [5, 5.41) is 9.82. The highest BCUT2D eigenvalue weighted by molar-refractivity contribution is 5.62. The van der Waals surface area contributed by atoms with Crippen molar-refractivity contribution in [1.29, 1.82) is 0 Å². The van der Waals surface area contributed by atoms with Crippen LogP contribution >= 0.6 is 0 Å². The first kappa shape index (κ1) is 11.8. The summed E-state index contributed by atoms with van der Waals surface area (Å²) >= 11 is 0. The molecule has 0 aliphatic carbocycles. The zero-order valence-electron chi connectivity index (χ0n) is 10.4. The molecule has 2 heteroatoms. The predicted molar refractivity (Wildman–Crippen MR) is 69.7 cm³/mol. The average Bonchev–Trinajstić information content (AvgIpc) is 2.29. The molecule has 0 radical (unpaired) electrons. The lowest BCUT2D eigenvalue weighted by atomic mass is 10.0. The van der Waals surface area contributed by atoms with Crippen molar-refractivity contribution < 1.29 is 5.11 Å². The van der Waals surface area contributed by atoms with Gasteiger partial charge in [-0.25, -0.2) is 0 Å². The second kappa shape index (κ2) is 4.30. The van der Waals surface area contributed by atoms with Gasteiger partial charge in [-0.3, -0.25) is 4.98 Å². The summed E-state index contributed by atoms with van der Waals surface area (Å²) in [6, 6.07) is 12.2. The molecule has 0 spiro atoms. The van der Waals surface area contributed by atoms with Crippen molar-refractivity contribution in [2.45, 2.75) is 26.4 Å². The van der Waals surface area contributed by atoms with Gasteiger partial charge >= 0.3 is 0 Å². The highest BCUT2D eigenvalue weighted by atomic mass is 16.3. The van der Waals surface area contributed by atoms with E-state index in [4.69, 9.17) is 0 Å². The molecule has 0 unspecified atom stereocenters. The molecule has 0 fully saturated rings. The van der Waals surface area contributed by atoms with Crippen LogP contribution in [0.4, 0.5) is 0 Å². The van der Waals surface area contributed by atoms with Crippen LogP contribution in [-0.2, 0) is 5.60 Å². The molecule has 2 nitrogen and oxygen atoms in total. The predicted octanol–water partition coefficient (Wildman–Crippen LogP) is 3.28. The summed E-state index contributed by atoms with van der Waals surface area (Å²) in [7, 11) is 0. The SMILES string of the molecule is Cc1ccc(-c2ccc(C(C)(C)O)nc2)cc1. The Morgan fingerprint density at radius 2 is 1.53 bits per heavy atom. The quantitative estimate of drug-likeness (QED) is 0.854. The molecule has 0 atom stereocenters. The lowest BCUT2D eigenvalue weighted by Crippen LogP contribution is -2.17. The zero-order valence-corrected chi connectivity index (χ0v) is 10.4. The summed E-state index contributed by atoms with van der Waals surface area (Å²) in [5.41, 5.74) is 3.26. The van der Waals surface area contributed by atoms with Gasteiger partial charge in [-0.15, -0.1) is 0 Å². The largest absolute Gasteiger partial charge is 0.384 e. The Balaban J connectivity index is 2.33. The van der Waals surface area contributed by atoms with Crippen LogP contribution in [0.3, 0.4) is 0 Å². The van der Waals surface area contributed by atoms with Gasteiger partial charge in [0.1, 0.15) is 5.60 Å². The summed E-state index contributed by atoms with van der Waals surface area (Å²) in [6.07, 6.45) is 1.80. The van der Waals surface area contributed by atoms with Gasteiger partial charge in [-0.2, -0.15) is 0 Å². The molecule has 0 bridgehead atoms. The van der Waals surface area contributed by atoms with Crippen molar-refractivity contribution in [2.24, 2.45) is 0 Å². The fraction of sp³-hybridized carbons (Fsp3) is 0.267. The molecular weight excluding hydrogens is 210 g/mol. The molecule has 1 heterocycles. The van der Waals surface area contributed by atoms with E-state index in [2.05, 4.69) is 36.2 Å². The minimum absolute atomic E-state index is 0.688. The van der Waals surface area contributed by atoms with Crippen molar-refractivity contribution in [3.63, 3.8) is 0 Å². The van der Waals surface area contributed by atoms with Crippen molar-refractivity contribution in [3.05, 3.63) is 53.9 Å². The Morgan fingerprint density at radius 3 is 2.00 bits per heavy atom. The second-order valence-corrected chi connectivity index (χ2v) is 4.86. The fourth-order valence-electron chi connectivity index (χ4n) is 1.67. The van der Waals surface area contributed by atoms with Crippen LogP contribution in [0.2, 0.25) is 0 Å². The highest BCUT2D eigenvalue weighted by Crippen LogP contribution is 2.22. The van der Waals surface area contributed by atoms with Gasteiger partial charge in [0.15, 0.2) is 0 Å². The van der Waals surface area contributed by atoms with Gasteiger partial charge in [0.25, 0.3) is 0 Å². The van der Waals surface area contributed by atoms with E-state index < -0.39 is 5.60 Å². The number of pyridine rings is 1. The van der Waals surface area contributed by atoms with Gasteiger partial charge in [-0.05, 0) is 32.4 Å². The maximum atomic E-state index is 9.82. The molecule has 0 saturated heterocycles. The Kier molecular flexibility index (Phi) is 2.99. The van der Waals surface area contributed by atoms with E-state index in [1.165, 1.54) is 5.56 Å². The normalized spacial score (nSPS) is 11.5. The minimum Gasteiger partial charge on any atom is -0.384 e. The molecule has 0 amide bonds. The van der Waals surface area contributed by atoms with Crippen LogP contribution in [0, 0.1) is 6.92 Å². The third kappa shape index (κ3) is 2.71. The average molecular weight is 227 g/mol. The van der Waals surface area contributed by atoms with E-state index in [-0.39, 0.29) is 0 Å². The molecular formula is C15H17NO. The lowest BCUT2D eigenvalue weighted by molar-refractivity contribution is 0.0739. The maximum Gasteiger partial charge on any atom is 0.101 e. The van der Waals surface area contributed by atoms with Gasteiger partial charge in [0.05, 0.1) is 5.69 Å². The van der Waals surface area contributed by atoms with Crippen molar-refractivity contribution in [3.8, 4) is 11.1 Å². The van der Waals surface area contributed by atoms with Gasteiger partial charge in [0, 0.05) is 11.8 Å². The molecule has 88 valence electrons. The number of hydrogen-bond acceptors (Lipinski definition) is 2. The van der Waals surface area contributed by atoms with Crippen LogP contribution in [0.5, 0.6) is 0 Å². The molecule has 1 aromatic heterocycles. The summed E-state index contributed by atoms with van der Waals surface area (Å²) in [6.45, 7) is 5.54. The molecule has 1 N–H and O–H groups in total. The fourth-order valence-corrected chi connectivity index (χ4v) is 1.67. The minimum atomic E-state index is -0.883. The third-order valence-corrected chi connectivity index (χ3v) is 2.78.